The summed E-state index contributed by atoms with van der Waals surface area (Å²) in [7, 11) is 0. The van der Waals surface area contributed by atoms with E-state index >= 15 is 0 Å². The topological polar surface area (TPSA) is 15.3 Å². The van der Waals surface area contributed by atoms with Gasteiger partial charge in [-0.3, -0.25) is 4.90 Å². The van der Waals surface area contributed by atoms with E-state index in [1.54, 1.807) is 0 Å². The van der Waals surface area contributed by atoms with Crippen molar-refractivity contribution in [2.75, 3.05) is 19.6 Å². The molecule has 116 valence electrons. The lowest BCUT2D eigenvalue weighted by molar-refractivity contribution is 0.184. The van der Waals surface area contributed by atoms with E-state index in [0.717, 1.165) is 24.0 Å². The van der Waals surface area contributed by atoms with E-state index in [9.17, 15) is 0 Å². The molecular formula is C17H24Cl2N2. The maximum Gasteiger partial charge on any atom is 0.0468 e. The van der Waals surface area contributed by atoms with Gasteiger partial charge in [-0.15, -0.1) is 0 Å². The van der Waals surface area contributed by atoms with Crippen LogP contribution in [-0.2, 0) is 0 Å². The van der Waals surface area contributed by atoms with Gasteiger partial charge in [0.15, 0.2) is 0 Å². The van der Waals surface area contributed by atoms with Gasteiger partial charge < -0.3 is 5.32 Å². The smallest absolute Gasteiger partial charge is 0.0468 e. The van der Waals surface area contributed by atoms with Crippen molar-refractivity contribution in [1.29, 1.82) is 0 Å². The van der Waals surface area contributed by atoms with Crippen LogP contribution in [0.25, 0.3) is 0 Å². The van der Waals surface area contributed by atoms with Gasteiger partial charge in [-0.1, -0.05) is 29.3 Å². The number of halogens is 2. The standard InChI is InChI=1S/C17H24Cl2N2/c1-12(16-7-6-14(18)9-17(16)19)21(10-13-4-5-13)11-15-3-2-8-20-15/h6-7,9,12-13,15,20H,2-5,8,10-11H2,1H3. The molecule has 2 nitrogen and oxygen atoms in total. The fourth-order valence-electron chi connectivity index (χ4n) is 3.26. The van der Waals surface area contributed by atoms with Crippen LogP contribution < -0.4 is 5.32 Å². The minimum absolute atomic E-state index is 0.345. The number of nitrogens with zero attached hydrogens (tertiary/aromatic N) is 1. The molecule has 1 aliphatic heterocycles. The number of hydrogen-bond donors (Lipinski definition) is 1. The van der Waals surface area contributed by atoms with E-state index in [0.29, 0.717) is 17.1 Å². The molecule has 4 heteroatoms. The normalized spacial score (nSPS) is 23.7. The fourth-order valence-corrected chi connectivity index (χ4v) is 3.82. The van der Waals surface area contributed by atoms with Crippen LogP contribution in [-0.4, -0.2) is 30.6 Å². The summed E-state index contributed by atoms with van der Waals surface area (Å²) in [6.45, 7) is 5.75. The van der Waals surface area contributed by atoms with Crippen molar-refractivity contribution in [3.8, 4) is 0 Å². The lowest BCUT2D eigenvalue weighted by atomic mass is 10.0. The van der Waals surface area contributed by atoms with Crippen LogP contribution in [0.3, 0.4) is 0 Å². The first kappa shape index (κ1) is 15.6. The van der Waals surface area contributed by atoms with Crippen molar-refractivity contribution in [2.45, 2.75) is 44.7 Å². The molecule has 0 amide bonds. The van der Waals surface area contributed by atoms with Gasteiger partial charge in [0.25, 0.3) is 0 Å². The Labute approximate surface area is 137 Å². The quantitative estimate of drug-likeness (QED) is 0.826. The largest absolute Gasteiger partial charge is 0.313 e. The predicted octanol–water partition coefficient (Wildman–Crippen LogP) is 4.52. The van der Waals surface area contributed by atoms with Crippen LogP contribution in [0.15, 0.2) is 18.2 Å². The Morgan fingerprint density at radius 2 is 2.05 bits per heavy atom. The highest BCUT2D eigenvalue weighted by molar-refractivity contribution is 6.35. The monoisotopic (exact) mass is 326 g/mol. The van der Waals surface area contributed by atoms with Crippen molar-refractivity contribution in [1.82, 2.24) is 10.2 Å². The highest BCUT2D eigenvalue weighted by atomic mass is 35.5. The molecule has 0 radical (unpaired) electrons. The Morgan fingerprint density at radius 1 is 1.24 bits per heavy atom. The molecule has 0 aromatic heterocycles. The number of hydrogen-bond acceptors (Lipinski definition) is 2. The maximum atomic E-state index is 6.41. The Morgan fingerprint density at radius 3 is 2.67 bits per heavy atom. The van der Waals surface area contributed by atoms with Crippen molar-refractivity contribution in [2.24, 2.45) is 5.92 Å². The predicted molar refractivity (Wildman–Crippen MR) is 90.2 cm³/mol. The van der Waals surface area contributed by atoms with Gasteiger partial charge in [0.05, 0.1) is 0 Å². The summed E-state index contributed by atoms with van der Waals surface area (Å²) in [5.74, 6) is 0.889. The van der Waals surface area contributed by atoms with Crippen molar-refractivity contribution >= 4 is 23.2 Å². The van der Waals surface area contributed by atoms with Gasteiger partial charge in [0.1, 0.15) is 0 Å². The second-order valence-corrected chi connectivity index (χ2v) is 7.38. The molecule has 1 aliphatic carbocycles. The first-order valence-corrected chi connectivity index (χ1v) is 8.81. The minimum Gasteiger partial charge on any atom is -0.313 e. The molecule has 2 aliphatic rings. The van der Waals surface area contributed by atoms with Crippen molar-refractivity contribution in [3.05, 3.63) is 33.8 Å². The van der Waals surface area contributed by atoms with Crippen LogP contribution in [0.5, 0.6) is 0 Å². The van der Waals surface area contributed by atoms with Crippen LogP contribution >= 0.6 is 23.2 Å². The molecule has 2 atom stereocenters. The molecule has 2 unspecified atom stereocenters. The molecule has 0 spiro atoms. The van der Waals surface area contributed by atoms with Gasteiger partial charge in [-0.25, -0.2) is 0 Å². The van der Waals surface area contributed by atoms with Crippen LogP contribution in [0.4, 0.5) is 0 Å². The van der Waals surface area contributed by atoms with Gasteiger partial charge in [0, 0.05) is 35.2 Å². The maximum absolute atomic E-state index is 6.41. The fraction of sp³-hybridized carbons (Fsp3) is 0.647. The molecule has 21 heavy (non-hydrogen) atoms. The van der Waals surface area contributed by atoms with E-state index in [1.807, 2.05) is 12.1 Å². The van der Waals surface area contributed by atoms with Crippen LogP contribution in [0.1, 0.15) is 44.2 Å². The number of rotatable bonds is 6. The molecule has 2 fully saturated rings. The van der Waals surface area contributed by atoms with Crippen LogP contribution in [0, 0.1) is 5.92 Å². The average molecular weight is 327 g/mol. The third-order valence-electron chi connectivity index (χ3n) is 4.77. The van der Waals surface area contributed by atoms with E-state index in [4.69, 9.17) is 23.2 Å². The highest BCUT2D eigenvalue weighted by Gasteiger charge is 2.30. The van der Waals surface area contributed by atoms with Crippen molar-refractivity contribution in [3.63, 3.8) is 0 Å². The second-order valence-electron chi connectivity index (χ2n) is 6.53. The summed E-state index contributed by atoms with van der Waals surface area (Å²) in [5.41, 5.74) is 1.19. The summed E-state index contributed by atoms with van der Waals surface area (Å²) >= 11 is 12.4. The molecule has 1 saturated carbocycles. The third-order valence-corrected chi connectivity index (χ3v) is 5.33. The average Bonchev–Trinajstić information content (AvgIpc) is 3.11. The zero-order valence-corrected chi connectivity index (χ0v) is 14.1. The minimum atomic E-state index is 0.345. The Balaban J connectivity index is 1.73. The summed E-state index contributed by atoms with van der Waals surface area (Å²) in [6.07, 6.45) is 5.37. The van der Waals surface area contributed by atoms with Gasteiger partial charge >= 0.3 is 0 Å². The summed E-state index contributed by atoms with van der Waals surface area (Å²) in [4.78, 5) is 2.61. The molecule has 1 aromatic rings. The molecule has 3 rings (SSSR count). The van der Waals surface area contributed by atoms with Crippen LogP contribution in [0.2, 0.25) is 10.0 Å². The summed E-state index contributed by atoms with van der Waals surface area (Å²) in [6, 6.07) is 6.87. The van der Waals surface area contributed by atoms with E-state index in [1.165, 1.54) is 37.8 Å². The Hall–Kier alpha value is -0.280. The van der Waals surface area contributed by atoms with Gasteiger partial charge in [-0.2, -0.15) is 0 Å². The van der Waals surface area contributed by atoms with Gasteiger partial charge in [-0.05, 0) is 62.8 Å². The van der Waals surface area contributed by atoms with E-state index in [-0.39, 0.29) is 0 Å². The van der Waals surface area contributed by atoms with E-state index < -0.39 is 0 Å². The zero-order valence-electron chi connectivity index (χ0n) is 12.6. The molecule has 0 bridgehead atoms. The number of benzene rings is 1. The summed E-state index contributed by atoms with van der Waals surface area (Å²) in [5, 5.41) is 5.11. The lowest BCUT2D eigenvalue weighted by Crippen LogP contribution is -2.40. The second kappa shape index (κ2) is 6.87. The number of nitrogens with one attached hydrogen (secondary N) is 1. The van der Waals surface area contributed by atoms with Crippen molar-refractivity contribution < 1.29 is 0 Å². The first-order chi connectivity index (χ1) is 10.1. The molecule has 1 N–H and O–H groups in total. The highest BCUT2D eigenvalue weighted by Crippen LogP contribution is 2.35. The van der Waals surface area contributed by atoms with E-state index in [2.05, 4.69) is 23.2 Å². The Kier molecular flexibility index (Phi) is 5.11. The zero-order chi connectivity index (χ0) is 14.8. The van der Waals surface area contributed by atoms with Gasteiger partial charge in [0.2, 0.25) is 0 Å². The molecule has 1 saturated heterocycles. The molecule has 1 aromatic carbocycles. The first-order valence-electron chi connectivity index (χ1n) is 8.06. The summed E-state index contributed by atoms with van der Waals surface area (Å²) < 4.78 is 0. The Bertz CT molecular complexity index is 482. The molecule has 1 heterocycles. The SMILES string of the molecule is CC(c1ccc(Cl)cc1Cl)N(CC1CC1)CC1CCCN1. The lowest BCUT2D eigenvalue weighted by Gasteiger charge is -2.32. The third kappa shape index (κ3) is 4.13. The molecular weight excluding hydrogens is 303 g/mol.